The Morgan fingerprint density at radius 1 is 0.923 bits per heavy atom. The summed E-state index contributed by atoms with van der Waals surface area (Å²) in [5.74, 6) is -1.91. The third-order valence-corrected chi connectivity index (χ3v) is 8.90. The minimum absolute atomic E-state index is 0.0964. The summed E-state index contributed by atoms with van der Waals surface area (Å²) in [7, 11) is 0. The van der Waals surface area contributed by atoms with Crippen molar-refractivity contribution in [1.82, 2.24) is 36.1 Å². The molecule has 14 nitrogen and oxygen atoms in total. The van der Waals surface area contributed by atoms with Gasteiger partial charge in [-0.25, -0.2) is 4.98 Å². The molecule has 2 aliphatic heterocycles. The zero-order valence-electron chi connectivity index (χ0n) is 30.4. The molecule has 0 fully saturated rings. The summed E-state index contributed by atoms with van der Waals surface area (Å²) in [5.41, 5.74) is 1.70. The Labute approximate surface area is 304 Å². The summed E-state index contributed by atoms with van der Waals surface area (Å²) in [6.45, 7) is 8.78. The van der Waals surface area contributed by atoms with Gasteiger partial charge in [0.15, 0.2) is 0 Å². The van der Waals surface area contributed by atoms with Crippen LogP contribution in [0.25, 0.3) is 0 Å². The van der Waals surface area contributed by atoms with Crippen LogP contribution in [0.2, 0.25) is 0 Å². The Kier molecular flexibility index (Phi) is 14.3. The number of nitrogens with zero attached hydrogens (tertiary/aromatic N) is 2. The molecule has 280 valence electrons. The van der Waals surface area contributed by atoms with Gasteiger partial charge >= 0.3 is 0 Å². The molecule has 0 saturated heterocycles. The van der Waals surface area contributed by atoms with E-state index in [-0.39, 0.29) is 31.3 Å². The number of aliphatic hydroxyl groups is 1. The van der Waals surface area contributed by atoms with Gasteiger partial charge in [-0.05, 0) is 49.4 Å². The lowest BCUT2D eigenvalue weighted by atomic mass is 10.0. The topological polar surface area (TPSA) is 193 Å². The number of benzene rings is 2. The summed E-state index contributed by atoms with van der Waals surface area (Å²) in [5, 5.41) is 24.2. The van der Waals surface area contributed by atoms with Gasteiger partial charge in [-0.1, -0.05) is 63.2 Å². The number of aryl methyl sites for hydroxylation is 2. The molecule has 5 rings (SSSR count). The third kappa shape index (κ3) is 11.4. The van der Waals surface area contributed by atoms with E-state index in [9.17, 15) is 29.1 Å². The van der Waals surface area contributed by atoms with Crippen molar-refractivity contribution in [2.45, 2.75) is 103 Å². The highest BCUT2D eigenvalue weighted by molar-refractivity contribution is 5.95. The summed E-state index contributed by atoms with van der Waals surface area (Å²) in [6.07, 6.45) is 3.50. The normalized spacial score (nSPS) is 22.7. The van der Waals surface area contributed by atoms with Crippen LogP contribution in [0.3, 0.4) is 0 Å². The standard InChI is InChI=1S/C38H51N7O7/c1-6-31-39-17-19-45(31)18-16-32(47)42-30-21-27-12-14-29(15-13-27)52-22-28(20-26-10-8-7-9-11-26)41-37(50)33(23(2)3)43-38(51)34(25(5)46)44-35(48)24(4)40-36(30)49/h7-15,17,19,23-25,28,30,33-34,46H,6,16,18,20-22H2,1-5H3,(H,40,49)(H,41,50)(H,42,47)(H,43,51)(H,44,48)/t24-,25-,28+,30+,33-,34+/m1/s1. The van der Waals surface area contributed by atoms with Crippen LogP contribution >= 0.6 is 0 Å². The molecule has 3 aromatic rings. The van der Waals surface area contributed by atoms with Crippen molar-refractivity contribution >= 4 is 29.5 Å². The number of aromatic nitrogens is 2. The van der Waals surface area contributed by atoms with Crippen molar-refractivity contribution in [1.29, 1.82) is 0 Å². The number of carbonyl (C=O) groups is 5. The first-order valence-corrected chi connectivity index (χ1v) is 17.8. The Morgan fingerprint density at radius 3 is 2.25 bits per heavy atom. The quantitative estimate of drug-likeness (QED) is 0.178. The van der Waals surface area contributed by atoms with E-state index in [1.165, 1.54) is 13.8 Å². The molecule has 3 heterocycles. The molecular formula is C38H51N7O7. The highest BCUT2D eigenvalue weighted by atomic mass is 16.5. The maximum absolute atomic E-state index is 13.7. The van der Waals surface area contributed by atoms with E-state index in [1.807, 2.05) is 41.8 Å². The average Bonchev–Trinajstić information content (AvgIpc) is 3.58. The van der Waals surface area contributed by atoms with Gasteiger partial charge in [0.1, 0.15) is 42.3 Å². The van der Waals surface area contributed by atoms with Crippen molar-refractivity contribution in [2.24, 2.45) is 5.92 Å². The zero-order chi connectivity index (χ0) is 37.8. The van der Waals surface area contributed by atoms with Gasteiger partial charge in [0.05, 0.1) is 12.1 Å². The average molecular weight is 718 g/mol. The van der Waals surface area contributed by atoms with Gasteiger partial charge in [-0.15, -0.1) is 0 Å². The number of carbonyl (C=O) groups excluding carboxylic acids is 5. The molecule has 0 aliphatic carbocycles. The van der Waals surface area contributed by atoms with E-state index in [0.29, 0.717) is 25.1 Å². The maximum Gasteiger partial charge on any atom is 0.245 e. The fraction of sp³-hybridized carbons (Fsp3) is 0.474. The Morgan fingerprint density at radius 2 is 1.60 bits per heavy atom. The molecular weight excluding hydrogens is 666 g/mol. The molecule has 5 amide bonds. The number of rotatable bonds is 9. The van der Waals surface area contributed by atoms with Crippen LogP contribution in [0, 0.1) is 5.92 Å². The number of hydrogen-bond acceptors (Lipinski definition) is 8. The van der Waals surface area contributed by atoms with Crippen LogP contribution in [0.4, 0.5) is 0 Å². The van der Waals surface area contributed by atoms with Gasteiger partial charge < -0.3 is 41.0 Å². The SMILES string of the molecule is CCc1nccn1CCC(=O)N[C@H]1Cc2ccc(cc2)OC[C@H](Cc2ccccc2)NC(=O)[C@@H](C(C)C)NC(=O)[C@H]([C@@H](C)O)NC(=O)[C@@H](C)NC1=O. The van der Waals surface area contributed by atoms with Crippen molar-refractivity contribution < 1.29 is 33.8 Å². The van der Waals surface area contributed by atoms with Crippen molar-refractivity contribution in [2.75, 3.05) is 6.61 Å². The first-order valence-electron chi connectivity index (χ1n) is 17.8. The minimum atomic E-state index is -1.43. The van der Waals surface area contributed by atoms with E-state index >= 15 is 0 Å². The minimum Gasteiger partial charge on any atom is -0.491 e. The van der Waals surface area contributed by atoms with Gasteiger partial charge in [0, 0.05) is 38.2 Å². The molecule has 0 unspecified atom stereocenters. The fourth-order valence-corrected chi connectivity index (χ4v) is 5.89. The number of ether oxygens (including phenoxy) is 1. The number of aliphatic hydroxyl groups excluding tert-OH is 1. The van der Waals surface area contributed by atoms with Crippen LogP contribution < -0.4 is 31.3 Å². The molecule has 6 N–H and O–H groups in total. The van der Waals surface area contributed by atoms with Crippen LogP contribution in [0.15, 0.2) is 67.0 Å². The highest BCUT2D eigenvalue weighted by Gasteiger charge is 2.34. The van der Waals surface area contributed by atoms with E-state index in [4.69, 9.17) is 4.74 Å². The number of amides is 5. The second kappa shape index (κ2) is 18.8. The van der Waals surface area contributed by atoms with E-state index < -0.39 is 59.9 Å². The Balaban J connectivity index is 1.61. The maximum atomic E-state index is 13.7. The molecule has 52 heavy (non-hydrogen) atoms. The lowest BCUT2D eigenvalue weighted by molar-refractivity contribution is -0.136. The van der Waals surface area contributed by atoms with E-state index in [1.54, 1.807) is 50.5 Å². The monoisotopic (exact) mass is 717 g/mol. The molecule has 0 saturated carbocycles. The van der Waals surface area contributed by atoms with Crippen LogP contribution in [-0.4, -0.2) is 87.1 Å². The largest absolute Gasteiger partial charge is 0.491 e. The molecule has 14 heteroatoms. The van der Waals surface area contributed by atoms with Crippen molar-refractivity contribution in [3.63, 3.8) is 0 Å². The molecule has 2 aromatic carbocycles. The molecule has 2 bridgehead atoms. The third-order valence-electron chi connectivity index (χ3n) is 8.90. The van der Waals surface area contributed by atoms with E-state index in [2.05, 4.69) is 31.6 Å². The predicted molar refractivity (Wildman–Crippen MR) is 194 cm³/mol. The van der Waals surface area contributed by atoms with Crippen LogP contribution in [0.1, 0.15) is 58.0 Å². The van der Waals surface area contributed by atoms with Crippen LogP contribution in [-0.2, 0) is 49.8 Å². The fourth-order valence-electron chi connectivity index (χ4n) is 5.89. The first-order chi connectivity index (χ1) is 24.8. The smallest absolute Gasteiger partial charge is 0.245 e. The van der Waals surface area contributed by atoms with Crippen molar-refractivity contribution in [3.05, 3.63) is 83.9 Å². The molecule has 6 atom stereocenters. The van der Waals surface area contributed by atoms with Gasteiger partial charge in [0.2, 0.25) is 29.5 Å². The van der Waals surface area contributed by atoms with Gasteiger partial charge in [-0.2, -0.15) is 0 Å². The second-order valence-electron chi connectivity index (χ2n) is 13.5. The van der Waals surface area contributed by atoms with Gasteiger partial charge in [0.25, 0.3) is 0 Å². The number of fused-ring (bicyclic) bond motifs is 17. The lowest BCUT2D eigenvalue weighted by Gasteiger charge is -2.29. The Hall–Kier alpha value is -5.24. The number of imidazole rings is 1. The zero-order valence-corrected chi connectivity index (χ0v) is 30.4. The Bertz CT molecular complexity index is 1660. The second-order valence-corrected chi connectivity index (χ2v) is 13.5. The highest BCUT2D eigenvalue weighted by Crippen LogP contribution is 2.16. The summed E-state index contributed by atoms with van der Waals surface area (Å²) < 4.78 is 8.01. The number of nitrogens with one attached hydrogen (secondary N) is 5. The summed E-state index contributed by atoms with van der Waals surface area (Å²) in [6, 6.07) is 11.6. The van der Waals surface area contributed by atoms with Gasteiger partial charge in [-0.3, -0.25) is 24.0 Å². The molecule has 1 aromatic heterocycles. The summed E-state index contributed by atoms with van der Waals surface area (Å²) >= 11 is 0. The molecule has 2 aliphatic rings. The van der Waals surface area contributed by atoms with E-state index in [0.717, 1.165) is 17.0 Å². The van der Waals surface area contributed by atoms with Crippen LogP contribution in [0.5, 0.6) is 5.75 Å². The lowest BCUT2D eigenvalue weighted by Crippen LogP contribution is -2.61. The molecule has 0 spiro atoms. The van der Waals surface area contributed by atoms with Crippen molar-refractivity contribution in [3.8, 4) is 5.75 Å². The number of hydrogen-bond donors (Lipinski definition) is 6. The summed E-state index contributed by atoms with van der Waals surface area (Å²) in [4.78, 5) is 71.5. The predicted octanol–water partition coefficient (Wildman–Crippen LogP) is 1.19. The first kappa shape index (κ1) is 39.5. The molecule has 0 radical (unpaired) electrons.